The maximum absolute atomic E-state index is 3.76. The summed E-state index contributed by atoms with van der Waals surface area (Å²) in [4.78, 5) is 0. The number of benzene rings is 8. The molecule has 1 aromatic heterocycles. The number of rotatable bonds is 4. The third-order valence-corrected chi connectivity index (χ3v) is 10.3. The molecule has 1 nitrogen and oxygen atoms in total. The highest BCUT2D eigenvalue weighted by molar-refractivity contribution is 9.10. The Labute approximate surface area is 290 Å². The Morgan fingerprint density at radius 3 is 1.32 bits per heavy atom. The van der Waals surface area contributed by atoms with Crippen molar-refractivity contribution in [2.45, 2.75) is 0 Å². The van der Waals surface area contributed by atoms with E-state index in [2.05, 4.69) is 200 Å². The fraction of sp³-hybridized carbons (Fsp3) is 0. The molecule has 0 aliphatic heterocycles. The normalized spacial score (nSPS) is 11.6. The molecule has 0 saturated heterocycles. The van der Waals surface area contributed by atoms with Crippen LogP contribution in [-0.4, -0.2) is 4.57 Å². The minimum atomic E-state index is 1.07. The molecule has 0 amide bonds. The lowest BCUT2D eigenvalue weighted by molar-refractivity contribution is 1.21. The number of fused-ring (bicyclic) bond motifs is 5. The first-order chi connectivity index (χ1) is 23.1. The van der Waals surface area contributed by atoms with Crippen LogP contribution in [0.25, 0.3) is 82.4 Å². The summed E-state index contributed by atoms with van der Waals surface area (Å²) >= 11 is 7.52. The van der Waals surface area contributed by atoms with Crippen molar-refractivity contribution in [3.05, 3.63) is 173 Å². The van der Waals surface area contributed by atoms with Crippen LogP contribution in [0.3, 0.4) is 0 Å². The first kappa shape index (κ1) is 28.3. The number of aromatic nitrogens is 1. The van der Waals surface area contributed by atoms with E-state index in [-0.39, 0.29) is 0 Å². The topological polar surface area (TPSA) is 4.93 Å². The smallest absolute Gasteiger partial charge is 0.0619 e. The van der Waals surface area contributed by atoms with E-state index in [0.717, 1.165) is 8.95 Å². The first-order valence-corrected chi connectivity index (χ1v) is 17.3. The van der Waals surface area contributed by atoms with Gasteiger partial charge in [-0.05, 0) is 92.7 Å². The van der Waals surface area contributed by atoms with Crippen LogP contribution in [0, 0.1) is 0 Å². The maximum atomic E-state index is 3.76. The van der Waals surface area contributed by atoms with Gasteiger partial charge >= 0.3 is 0 Å². The second-order valence-corrected chi connectivity index (χ2v) is 13.8. The lowest BCUT2D eigenvalue weighted by Gasteiger charge is -2.21. The monoisotopic (exact) mass is 727 g/mol. The van der Waals surface area contributed by atoms with Crippen molar-refractivity contribution >= 4 is 75.2 Å². The molecule has 8 aromatic carbocycles. The summed E-state index contributed by atoms with van der Waals surface area (Å²) in [5.41, 5.74) is 10.8. The van der Waals surface area contributed by atoms with Crippen LogP contribution < -0.4 is 0 Å². The second kappa shape index (κ2) is 11.4. The van der Waals surface area contributed by atoms with Gasteiger partial charge in [-0.3, -0.25) is 0 Å². The standard InChI is InChI=1S/C44H27Br2N/c45-33-18-22-41-37(26-33)38-27-34(46)19-23-42(38)47(41)44-36-21-17-31(28-10-4-1-5-11-28)24-39(36)43(30-14-8-3-9-15-30)35-20-16-32(25-40(35)44)29-12-6-2-7-13-29/h1-27H. The SMILES string of the molecule is Brc1ccc2c(c1)c1cc(Br)ccc1n2-c1c2ccc(-c3ccccc3)cc2c(-c2ccccc2)c2ccc(-c3ccccc3)cc12. The summed E-state index contributed by atoms with van der Waals surface area (Å²) in [6.45, 7) is 0. The van der Waals surface area contributed by atoms with Crippen molar-refractivity contribution in [2.75, 3.05) is 0 Å². The molecular weight excluding hydrogens is 702 g/mol. The van der Waals surface area contributed by atoms with Crippen LogP contribution >= 0.6 is 31.9 Å². The van der Waals surface area contributed by atoms with Crippen molar-refractivity contribution in [3.8, 4) is 39.1 Å². The molecule has 0 N–H and O–H groups in total. The average Bonchev–Trinajstić information content (AvgIpc) is 3.43. The summed E-state index contributed by atoms with van der Waals surface area (Å²) in [6, 6.07) is 59.6. The number of hydrogen-bond acceptors (Lipinski definition) is 0. The van der Waals surface area contributed by atoms with Gasteiger partial charge in [0.15, 0.2) is 0 Å². The van der Waals surface area contributed by atoms with Crippen LogP contribution in [0.15, 0.2) is 173 Å². The molecule has 1 heterocycles. The van der Waals surface area contributed by atoms with E-state index in [1.807, 2.05) is 0 Å². The van der Waals surface area contributed by atoms with Gasteiger partial charge in [0, 0.05) is 30.5 Å². The highest BCUT2D eigenvalue weighted by Crippen LogP contribution is 2.46. The fourth-order valence-electron chi connectivity index (χ4n) is 7.19. The second-order valence-electron chi connectivity index (χ2n) is 12.0. The summed E-state index contributed by atoms with van der Waals surface area (Å²) < 4.78 is 4.62. The van der Waals surface area contributed by atoms with Gasteiger partial charge in [0.2, 0.25) is 0 Å². The van der Waals surface area contributed by atoms with Crippen molar-refractivity contribution in [2.24, 2.45) is 0 Å². The number of halogens is 2. The van der Waals surface area contributed by atoms with E-state index in [1.54, 1.807) is 0 Å². The third-order valence-electron chi connectivity index (χ3n) is 9.28. The summed E-state index contributed by atoms with van der Waals surface area (Å²) in [5, 5.41) is 7.32. The zero-order valence-electron chi connectivity index (χ0n) is 25.3. The lowest BCUT2D eigenvalue weighted by atomic mass is 9.87. The molecule has 9 aromatic rings. The highest BCUT2D eigenvalue weighted by atomic mass is 79.9. The van der Waals surface area contributed by atoms with Gasteiger partial charge in [0.05, 0.1) is 16.7 Å². The number of nitrogens with zero attached hydrogens (tertiary/aromatic N) is 1. The summed E-state index contributed by atoms with van der Waals surface area (Å²) in [5.74, 6) is 0. The van der Waals surface area contributed by atoms with E-state index >= 15 is 0 Å². The molecule has 47 heavy (non-hydrogen) atoms. The third kappa shape index (κ3) is 4.73. The Morgan fingerprint density at radius 2 is 0.787 bits per heavy atom. The highest BCUT2D eigenvalue weighted by Gasteiger charge is 2.22. The number of hydrogen-bond donors (Lipinski definition) is 0. The molecule has 0 bridgehead atoms. The minimum Gasteiger partial charge on any atom is -0.308 e. The molecule has 0 unspecified atom stereocenters. The molecule has 0 aliphatic carbocycles. The Morgan fingerprint density at radius 1 is 0.319 bits per heavy atom. The minimum absolute atomic E-state index is 1.07. The van der Waals surface area contributed by atoms with E-state index in [9.17, 15) is 0 Å². The molecule has 0 aliphatic rings. The van der Waals surface area contributed by atoms with E-state index in [4.69, 9.17) is 0 Å². The summed E-state index contributed by atoms with van der Waals surface area (Å²) in [6.07, 6.45) is 0. The quantitative estimate of drug-likeness (QED) is 0.159. The Hall–Kier alpha value is -4.96. The molecular formula is C44H27Br2N. The van der Waals surface area contributed by atoms with Crippen molar-refractivity contribution in [3.63, 3.8) is 0 Å². The zero-order chi connectivity index (χ0) is 31.5. The predicted octanol–water partition coefficient (Wildman–Crippen LogP) is 13.6. The van der Waals surface area contributed by atoms with Gasteiger partial charge in [-0.15, -0.1) is 0 Å². The Bertz CT molecular complexity index is 2560. The molecule has 0 atom stereocenters. The zero-order valence-corrected chi connectivity index (χ0v) is 28.5. The van der Waals surface area contributed by atoms with Gasteiger partial charge in [-0.2, -0.15) is 0 Å². The van der Waals surface area contributed by atoms with Gasteiger partial charge in [-0.25, -0.2) is 0 Å². The van der Waals surface area contributed by atoms with E-state index in [1.165, 1.54) is 82.4 Å². The molecule has 222 valence electrons. The van der Waals surface area contributed by atoms with E-state index < -0.39 is 0 Å². The molecule has 0 spiro atoms. The van der Waals surface area contributed by atoms with Gasteiger partial charge in [-0.1, -0.05) is 147 Å². The molecule has 0 fully saturated rings. The Balaban J connectivity index is 1.51. The fourth-order valence-corrected chi connectivity index (χ4v) is 7.91. The molecule has 0 saturated carbocycles. The predicted molar refractivity (Wildman–Crippen MR) is 208 cm³/mol. The Kier molecular flexibility index (Phi) is 6.85. The molecule has 0 radical (unpaired) electrons. The maximum Gasteiger partial charge on any atom is 0.0619 e. The van der Waals surface area contributed by atoms with Crippen molar-refractivity contribution < 1.29 is 0 Å². The molecule has 9 rings (SSSR count). The lowest BCUT2D eigenvalue weighted by Crippen LogP contribution is -2.00. The first-order valence-electron chi connectivity index (χ1n) is 15.7. The van der Waals surface area contributed by atoms with Crippen LogP contribution in [0.5, 0.6) is 0 Å². The van der Waals surface area contributed by atoms with Crippen LogP contribution in [-0.2, 0) is 0 Å². The van der Waals surface area contributed by atoms with Crippen LogP contribution in [0.2, 0.25) is 0 Å². The van der Waals surface area contributed by atoms with Crippen LogP contribution in [0.1, 0.15) is 0 Å². The average molecular weight is 730 g/mol. The molecule has 3 heteroatoms. The van der Waals surface area contributed by atoms with Crippen molar-refractivity contribution in [1.82, 2.24) is 4.57 Å². The van der Waals surface area contributed by atoms with Gasteiger partial charge < -0.3 is 4.57 Å². The van der Waals surface area contributed by atoms with Crippen molar-refractivity contribution in [1.29, 1.82) is 0 Å². The van der Waals surface area contributed by atoms with Gasteiger partial charge in [0.1, 0.15) is 0 Å². The largest absolute Gasteiger partial charge is 0.308 e. The summed E-state index contributed by atoms with van der Waals surface area (Å²) in [7, 11) is 0. The van der Waals surface area contributed by atoms with Crippen LogP contribution in [0.4, 0.5) is 0 Å². The van der Waals surface area contributed by atoms with E-state index in [0.29, 0.717) is 0 Å². The van der Waals surface area contributed by atoms with Gasteiger partial charge in [0.25, 0.3) is 0 Å².